The Morgan fingerprint density at radius 2 is 2.06 bits per heavy atom. The van der Waals surface area contributed by atoms with Gasteiger partial charge in [0.25, 0.3) is 0 Å². The highest BCUT2D eigenvalue weighted by Gasteiger charge is 2.20. The lowest BCUT2D eigenvalue weighted by Gasteiger charge is -2.27. The molecule has 2 rings (SSSR count). The molecule has 0 fully saturated rings. The van der Waals surface area contributed by atoms with Crippen molar-refractivity contribution in [1.29, 1.82) is 0 Å². The molecule has 96 valence electrons. The maximum Gasteiger partial charge on any atom is 0.128 e. The number of methoxy groups -OCH3 is 1. The quantitative estimate of drug-likeness (QED) is 0.708. The van der Waals surface area contributed by atoms with E-state index in [-0.39, 0.29) is 6.17 Å². The molecule has 0 radical (unpaired) electrons. The largest absolute Gasteiger partial charge is 0.497 e. The Hall–Kier alpha value is -1.66. The summed E-state index contributed by atoms with van der Waals surface area (Å²) in [7, 11) is 1.64. The van der Waals surface area contributed by atoms with Gasteiger partial charge in [0.15, 0.2) is 0 Å². The number of thiol groups is 1. The van der Waals surface area contributed by atoms with E-state index in [4.69, 9.17) is 16.2 Å². The second-order valence-electron chi connectivity index (χ2n) is 4.00. The third-order valence-electron chi connectivity index (χ3n) is 2.84. The van der Waals surface area contributed by atoms with Crippen LogP contribution in [0.3, 0.4) is 0 Å². The molecule has 6 heteroatoms. The maximum atomic E-state index is 6.01. The highest BCUT2D eigenvalue weighted by atomic mass is 32.1. The van der Waals surface area contributed by atoms with E-state index in [1.165, 1.54) is 10.6 Å². The Morgan fingerprint density at radius 3 is 2.67 bits per heavy atom. The second-order valence-corrected chi connectivity index (χ2v) is 4.47. The van der Waals surface area contributed by atoms with Gasteiger partial charge >= 0.3 is 0 Å². The van der Waals surface area contributed by atoms with Crippen LogP contribution in [0.2, 0.25) is 0 Å². The minimum atomic E-state index is -0.354. The van der Waals surface area contributed by atoms with E-state index >= 15 is 0 Å². The molecule has 0 aliphatic carbocycles. The standard InChI is InChI=1S/C12H16N4OS/c1-17-9-4-2-8(3-5-9)6-10-11(13)15-7-16(18)12(10)14/h2-5,7,12,18H,6,13-14H2,1H3. The molecule has 0 saturated heterocycles. The van der Waals surface area contributed by atoms with Crippen molar-refractivity contribution < 1.29 is 4.74 Å². The zero-order chi connectivity index (χ0) is 13.1. The smallest absolute Gasteiger partial charge is 0.128 e. The van der Waals surface area contributed by atoms with Crippen molar-refractivity contribution in [3.63, 3.8) is 0 Å². The van der Waals surface area contributed by atoms with Crippen molar-refractivity contribution >= 4 is 19.2 Å². The zero-order valence-electron chi connectivity index (χ0n) is 10.1. The molecule has 1 aromatic carbocycles. The van der Waals surface area contributed by atoms with Crippen molar-refractivity contribution in [3.05, 3.63) is 41.2 Å². The molecule has 1 aliphatic rings. The number of benzene rings is 1. The summed E-state index contributed by atoms with van der Waals surface area (Å²) in [5.41, 5.74) is 13.8. The van der Waals surface area contributed by atoms with E-state index in [0.717, 1.165) is 16.9 Å². The number of hydrogen-bond acceptors (Lipinski definition) is 6. The first kappa shape index (κ1) is 12.8. The molecular formula is C12H16N4OS. The average Bonchev–Trinajstić information content (AvgIpc) is 2.40. The summed E-state index contributed by atoms with van der Waals surface area (Å²) in [4.78, 5) is 4.05. The molecule has 1 heterocycles. The Labute approximate surface area is 112 Å². The number of ether oxygens (including phenoxy) is 1. The van der Waals surface area contributed by atoms with Crippen molar-refractivity contribution in [3.8, 4) is 5.75 Å². The number of nitrogens with two attached hydrogens (primary N) is 2. The van der Waals surface area contributed by atoms with Crippen LogP contribution in [-0.4, -0.2) is 23.9 Å². The SMILES string of the molecule is COc1ccc(CC2=C(N)N=CN(S)C2N)cc1. The van der Waals surface area contributed by atoms with E-state index < -0.39 is 0 Å². The summed E-state index contributed by atoms with van der Waals surface area (Å²) in [5.74, 6) is 1.28. The fourth-order valence-electron chi connectivity index (χ4n) is 1.75. The first-order valence-electron chi connectivity index (χ1n) is 5.50. The molecule has 4 N–H and O–H groups in total. The number of aliphatic imine (C=N–C) groups is 1. The number of rotatable bonds is 3. The summed E-state index contributed by atoms with van der Waals surface area (Å²) in [6.07, 6.45) is 1.80. The van der Waals surface area contributed by atoms with Crippen LogP contribution in [0.1, 0.15) is 5.56 Å². The topological polar surface area (TPSA) is 76.9 Å². The average molecular weight is 264 g/mol. The van der Waals surface area contributed by atoms with Gasteiger partial charge in [0.05, 0.1) is 7.11 Å². The summed E-state index contributed by atoms with van der Waals surface area (Å²) in [6.45, 7) is 0. The highest BCUT2D eigenvalue weighted by molar-refractivity contribution is 7.78. The fourth-order valence-corrected chi connectivity index (χ4v) is 1.94. The predicted octanol–water partition coefficient (Wildman–Crippen LogP) is 0.881. The van der Waals surface area contributed by atoms with Gasteiger partial charge in [-0.05, 0) is 17.7 Å². The van der Waals surface area contributed by atoms with Gasteiger partial charge in [0, 0.05) is 12.0 Å². The van der Waals surface area contributed by atoms with Gasteiger partial charge in [-0.2, -0.15) is 0 Å². The molecule has 0 saturated carbocycles. The molecule has 1 aromatic rings. The molecule has 0 aromatic heterocycles. The van der Waals surface area contributed by atoms with Gasteiger partial charge in [-0.3, -0.25) is 4.31 Å². The lowest BCUT2D eigenvalue weighted by Crippen LogP contribution is -2.41. The van der Waals surface area contributed by atoms with Crippen molar-refractivity contribution in [1.82, 2.24) is 4.31 Å². The van der Waals surface area contributed by atoms with Crippen LogP contribution in [0, 0.1) is 0 Å². The molecule has 1 unspecified atom stereocenters. The second kappa shape index (κ2) is 5.32. The van der Waals surface area contributed by atoms with Gasteiger partial charge in [-0.25, -0.2) is 4.99 Å². The van der Waals surface area contributed by atoms with Crippen molar-refractivity contribution in [2.24, 2.45) is 16.5 Å². The van der Waals surface area contributed by atoms with Crippen LogP contribution >= 0.6 is 12.8 Å². The van der Waals surface area contributed by atoms with Crippen LogP contribution in [-0.2, 0) is 6.42 Å². The minimum absolute atomic E-state index is 0.354. The van der Waals surface area contributed by atoms with E-state index in [2.05, 4.69) is 17.8 Å². The molecular weight excluding hydrogens is 248 g/mol. The Morgan fingerprint density at radius 1 is 1.39 bits per heavy atom. The number of nitrogens with zero attached hydrogens (tertiary/aromatic N) is 2. The third kappa shape index (κ3) is 2.60. The summed E-state index contributed by atoms with van der Waals surface area (Å²) in [5, 5.41) is 0. The molecule has 0 spiro atoms. The number of hydrogen-bond donors (Lipinski definition) is 3. The molecule has 1 atom stereocenters. The Balaban J connectivity index is 2.19. The fraction of sp³-hybridized carbons (Fsp3) is 0.250. The van der Waals surface area contributed by atoms with E-state index in [1.807, 2.05) is 24.3 Å². The van der Waals surface area contributed by atoms with Crippen molar-refractivity contribution in [2.75, 3.05) is 7.11 Å². The van der Waals surface area contributed by atoms with Crippen LogP contribution in [0.4, 0.5) is 0 Å². The van der Waals surface area contributed by atoms with Gasteiger partial charge in [0.1, 0.15) is 24.1 Å². The Kier molecular flexibility index (Phi) is 3.78. The monoisotopic (exact) mass is 264 g/mol. The Bertz CT molecular complexity index is 483. The van der Waals surface area contributed by atoms with Gasteiger partial charge in [-0.15, -0.1) is 0 Å². The lowest BCUT2D eigenvalue weighted by molar-refractivity contribution is 0.414. The maximum absolute atomic E-state index is 6.01. The van der Waals surface area contributed by atoms with Gasteiger partial charge < -0.3 is 16.2 Å². The molecule has 0 amide bonds. The highest BCUT2D eigenvalue weighted by Crippen LogP contribution is 2.21. The van der Waals surface area contributed by atoms with E-state index in [9.17, 15) is 0 Å². The minimum Gasteiger partial charge on any atom is -0.497 e. The molecule has 0 bridgehead atoms. The normalized spacial score (nSPS) is 19.3. The lowest BCUT2D eigenvalue weighted by atomic mass is 10.0. The van der Waals surface area contributed by atoms with Gasteiger partial charge in [-0.1, -0.05) is 24.9 Å². The molecule has 18 heavy (non-hydrogen) atoms. The first-order valence-corrected chi connectivity index (χ1v) is 5.90. The zero-order valence-corrected chi connectivity index (χ0v) is 11.0. The summed E-state index contributed by atoms with van der Waals surface area (Å²) in [6, 6.07) is 7.77. The first-order chi connectivity index (χ1) is 8.61. The van der Waals surface area contributed by atoms with E-state index in [0.29, 0.717) is 12.2 Å². The summed E-state index contributed by atoms with van der Waals surface area (Å²) >= 11 is 4.20. The molecule has 5 nitrogen and oxygen atoms in total. The third-order valence-corrected chi connectivity index (χ3v) is 3.19. The van der Waals surface area contributed by atoms with E-state index in [1.54, 1.807) is 7.11 Å². The van der Waals surface area contributed by atoms with Crippen molar-refractivity contribution in [2.45, 2.75) is 12.6 Å². The van der Waals surface area contributed by atoms with Crippen LogP contribution in [0.5, 0.6) is 5.75 Å². The summed E-state index contributed by atoms with van der Waals surface area (Å²) < 4.78 is 6.65. The van der Waals surface area contributed by atoms with Crippen LogP contribution in [0.25, 0.3) is 0 Å². The van der Waals surface area contributed by atoms with Gasteiger partial charge in [0.2, 0.25) is 0 Å². The predicted molar refractivity (Wildman–Crippen MR) is 75.2 cm³/mol. The van der Waals surface area contributed by atoms with Crippen LogP contribution < -0.4 is 16.2 Å². The molecule has 1 aliphatic heterocycles. The van der Waals surface area contributed by atoms with Crippen LogP contribution in [0.15, 0.2) is 40.7 Å².